The normalized spacial score (nSPS) is 13.1. The van der Waals surface area contributed by atoms with E-state index in [4.69, 9.17) is 0 Å². The molecule has 0 spiro atoms. The van der Waals surface area contributed by atoms with Crippen molar-refractivity contribution in [2.24, 2.45) is 0 Å². The fraction of sp³-hybridized carbons (Fsp3) is 0.0667. The number of nitrogens with zero attached hydrogens (tertiary/aromatic N) is 2. The maximum atomic E-state index is 2.45. The van der Waals surface area contributed by atoms with Crippen LogP contribution in [0.3, 0.4) is 0 Å². The van der Waals surface area contributed by atoms with Gasteiger partial charge in [-0.05, 0) is 82.4 Å². The molecule has 0 unspecified atom stereocenters. The molecule has 8 aromatic rings. The molecule has 0 saturated carbocycles. The number of aromatic nitrogens is 1. The highest BCUT2D eigenvalue weighted by Crippen LogP contribution is 2.51. The second kappa shape index (κ2) is 10.6. The molecule has 224 valence electrons. The van der Waals surface area contributed by atoms with Gasteiger partial charge in [0.25, 0.3) is 0 Å². The van der Waals surface area contributed by atoms with Gasteiger partial charge in [0.1, 0.15) is 0 Å². The van der Waals surface area contributed by atoms with Crippen LogP contribution in [0.15, 0.2) is 170 Å². The number of hydrogen-bond acceptors (Lipinski definition) is 1. The molecule has 0 atom stereocenters. The Morgan fingerprint density at radius 2 is 1.09 bits per heavy atom. The zero-order valence-corrected chi connectivity index (χ0v) is 26.6. The smallest absolute Gasteiger partial charge is 0.0548 e. The second-order valence-electron chi connectivity index (χ2n) is 13.0. The van der Waals surface area contributed by atoms with E-state index in [0.717, 1.165) is 22.7 Å². The van der Waals surface area contributed by atoms with Gasteiger partial charge in [0.2, 0.25) is 0 Å². The van der Waals surface area contributed by atoms with Crippen LogP contribution in [-0.4, -0.2) is 4.57 Å². The van der Waals surface area contributed by atoms with Gasteiger partial charge in [-0.3, -0.25) is 0 Å². The van der Waals surface area contributed by atoms with Gasteiger partial charge in [0, 0.05) is 38.8 Å². The quantitative estimate of drug-likeness (QED) is 0.190. The van der Waals surface area contributed by atoms with E-state index in [9.17, 15) is 0 Å². The Hall–Kier alpha value is -5.86. The highest BCUT2D eigenvalue weighted by Gasteiger charge is 2.35. The molecule has 2 nitrogen and oxygen atoms in total. The number of anilines is 3. The van der Waals surface area contributed by atoms with Crippen molar-refractivity contribution in [2.75, 3.05) is 4.90 Å². The van der Waals surface area contributed by atoms with Crippen molar-refractivity contribution >= 4 is 38.9 Å². The summed E-state index contributed by atoms with van der Waals surface area (Å²) in [5.41, 5.74) is 14.7. The van der Waals surface area contributed by atoms with Crippen LogP contribution in [0, 0.1) is 0 Å². The lowest BCUT2D eigenvalue weighted by Crippen LogP contribution is -2.15. The topological polar surface area (TPSA) is 8.17 Å². The first kappa shape index (κ1) is 27.5. The molecule has 2 heteroatoms. The van der Waals surface area contributed by atoms with E-state index in [-0.39, 0.29) is 5.41 Å². The molecule has 47 heavy (non-hydrogen) atoms. The highest BCUT2D eigenvalue weighted by molar-refractivity contribution is 6.13. The summed E-state index contributed by atoms with van der Waals surface area (Å²) in [6.45, 7) is 4.69. The Morgan fingerprint density at radius 1 is 0.447 bits per heavy atom. The van der Waals surface area contributed by atoms with E-state index < -0.39 is 0 Å². The lowest BCUT2D eigenvalue weighted by molar-refractivity contribution is 0.660. The Balaban J connectivity index is 1.37. The van der Waals surface area contributed by atoms with Crippen LogP contribution in [0.2, 0.25) is 0 Å². The van der Waals surface area contributed by atoms with Crippen LogP contribution >= 0.6 is 0 Å². The Kier molecular flexibility index (Phi) is 6.20. The molecule has 0 N–H and O–H groups in total. The number of rotatable bonds is 5. The predicted molar refractivity (Wildman–Crippen MR) is 198 cm³/mol. The van der Waals surface area contributed by atoms with Crippen LogP contribution in [0.4, 0.5) is 17.1 Å². The van der Waals surface area contributed by atoms with E-state index in [2.05, 4.69) is 193 Å². The summed E-state index contributed by atoms with van der Waals surface area (Å²) in [6, 6.07) is 61.9. The van der Waals surface area contributed by atoms with E-state index in [1.807, 2.05) is 0 Å². The largest absolute Gasteiger partial charge is 0.310 e. The lowest BCUT2D eigenvalue weighted by Gasteiger charge is -2.29. The molecule has 0 fully saturated rings. The van der Waals surface area contributed by atoms with Crippen molar-refractivity contribution in [1.82, 2.24) is 4.57 Å². The SMILES string of the molecule is CC1(C)c2ccccc2-c2cc(N(c3ccccc3)c3cc4c5ccccc5n(-c5ccccc5)c4cc3-c3ccccc3)ccc21. The van der Waals surface area contributed by atoms with Crippen molar-refractivity contribution in [3.63, 3.8) is 0 Å². The van der Waals surface area contributed by atoms with Crippen LogP contribution < -0.4 is 4.90 Å². The molecule has 1 aliphatic rings. The Morgan fingerprint density at radius 3 is 1.87 bits per heavy atom. The monoisotopic (exact) mass is 602 g/mol. The van der Waals surface area contributed by atoms with Crippen molar-refractivity contribution < 1.29 is 0 Å². The first-order chi connectivity index (χ1) is 23.1. The summed E-state index contributed by atoms with van der Waals surface area (Å²) in [7, 11) is 0. The lowest BCUT2D eigenvalue weighted by atomic mass is 9.82. The number of para-hydroxylation sites is 3. The van der Waals surface area contributed by atoms with Crippen LogP contribution in [-0.2, 0) is 5.41 Å². The zero-order valence-electron chi connectivity index (χ0n) is 26.6. The molecule has 0 aliphatic heterocycles. The summed E-state index contributed by atoms with van der Waals surface area (Å²) in [6.07, 6.45) is 0. The molecule has 0 amide bonds. The molecule has 0 radical (unpaired) electrons. The first-order valence-corrected chi connectivity index (χ1v) is 16.4. The van der Waals surface area contributed by atoms with Gasteiger partial charge in [-0.1, -0.05) is 129 Å². The van der Waals surface area contributed by atoms with Crippen LogP contribution in [0.1, 0.15) is 25.0 Å². The van der Waals surface area contributed by atoms with Crippen LogP contribution in [0.5, 0.6) is 0 Å². The fourth-order valence-electron chi connectivity index (χ4n) is 7.74. The molecule has 7 aromatic carbocycles. The molecule has 1 aliphatic carbocycles. The summed E-state index contributed by atoms with van der Waals surface area (Å²) in [5.74, 6) is 0. The van der Waals surface area contributed by atoms with Crippen molar-refractivity contribution in [1.29, 1.82) is 0 Å². The maximum absolute atomic E-state index is 2.45. The highest BCUT2D eigenvalue weighted by atomic mass is 15.1. The summed E-state index contributed by atoms with van der Waals surface area (Å²) in [5, 5.41) is 2.47. The minimum Gasteiger partial charge on any atom is -0.310 e. The molecule has 0 saturated heterocycles. The van der Waals surface area contributed by atoms with Gasteiger partial charge in [0.15, 0.2) is 0 Å². The Labute approximate surface area is 275 Å². The fourth-order valence-corrected chi connectivity index (χ4v) is 7.74. The minimum atomic E-state index is -0.0462. The maximum Gasteiger partial charge on any atom is 0.0548 e. The average molecular weight is 603 g/mol. The van der Waals surface area contributed by atoms with Crippen LogP contribution in [0.25, 0.3) is 49.7 Å². The number of hydrogen-bond donors (Lipinski definition) is 0. The van der Waals surface area contributed by atoms with Crippen molar-refractivity contribution in [3.8, 4) is 27.9 Å². The molecule has 9 rings (SSSR count). The number of fused-ring (bicyclic) bond motifs is 6. The molecule has 1 heterocycles. The molecule has 0 bridgehead atoms. The van der Waals surface area contributed by atoms with Gasteiger partial charge in [-0.25, -0.2) is 0 Å². The van der Waals surface area contributed by atoms with Crippen molar-refractivity contribution in [3.05, 3.63) is 181 Å². The molecular weight excluding hydrogens is 569 g/mol. The van der Waals surface area contributed by atoms with Gasteiger partial charge in [0.05, 0.1) is 16.7 Å². The third-order valence-electron chi connectivity index (χ3n) is 9.97. The van der Waals surface area contributed by atoms with E-state index in [1.54, 1.807) is 0 Å². The third kappa shape index (κ3) is 4.26. The average Bonchev–Trinajstić information content (AvgIpc) is 3.57. The summed E-state index contributed by atoms with van der Waals surface area (Å²) >= 11 is 0. The van der Waals surface area contributed by atoms with Gasteiger partial charge < -0.3 is 9.47 Å². The standard InChI is InChI=1S/C45H34N2/c1-45(2)40-24-14-12-22-35(40)38-28-34(26-27-41(38)45)46(32-18-8-4-9-19-32)43-30-39-36-23-13-15-25-42(36)47(33-20-10-5-11-21-33)44(39)29-37(43)31-16-6-3-7-17-31/h3-30H,1-2H3. The Bertz CT molecular complexity index is 2420. The summed E-state index contributed by atoms with van der Waals surface area (Å²) < 4.78 is 2.40. The number of benzene rings is 7. The molecule has 1 aromatic heterocycles. The summed E-state index contributed by atoms with van der Waals surface area (Å²) in [4.78, 5) is 2.45. The minimum absolute atomic E-state index is 0.0462. The second-order valence-corrected chi connectivity index (χ2v) is 13.0. The molecular formula is C45H34N2. The van der Waals surface area contributed by atoms with E-state index >= 15 is 0 Å². The predicted octanol–water partition coefficient (Wildman–Crippen LogP) is 12.2. The van der Waals surface area contributed by atoms with Crippen molar-refractivity contribution in [2.45, 2.75) is 19.3 Å². The zero-order chi connectivity index (χ0) is 31.5. The van der Waals surface area contributed by atoms with Gasteiger partial charge in [-0.15, -0.1) is 0 Å². The van der Waals surface area contributed by atoms with Gasteiger partial charge >= 0.3 is 0 Å². The van der Waals surface area contributed by atoms with E-state index in [0.29, 0.717) is 0 Å². The third-order valence-corrected chi connectivity index (χ3v) is 9.97. The van der Waals surface area contributed by atoms with E-state index in [1.165, 1.54) is 55.2 Å². The first-order valence-electron chi connectivity index (χ1n) is 16.4. The van der Waals surface area contributed by atoms with Gasteiger partial charge in [-0.2, -0.15) is 0 Å².